The summed E-state index contributed by atoms with van der Waals surface area (Å²) in [6.45, 7) is 3.52. The smallest absolute Gasteiger partial charge is 0.119 e. The predicted octanol–water partition coefficient (Wildman–Crippen LogP) is 2.24. The van der Waals surface area contributed by atoms with Gasteiger partial charge in [0.25, 0.3) is 0 Å². The largest absolute Gasteiger partial charge is 0.492 e. The van der Waals surface area contributed by atoms with E-state index in [1.807, 2.05) is 42.7 Å². The van der Waals surface area contributed by atoms with E-state index in [1.165, 1.54) is 0 Å². The van der Waals surface area contributed by atoms with Crippen LogP contribution in [0.3, 0.4) is 0 Å². The van der Waals surface area contributed by atoms with Crippen LogP contribution in [-0.4, -0.2) is 22.2 Å². The van der Waals surface area contributed by atoms with Crippen LogP contribution in [-0.2, 0) is 13.0 Å². The highest BCUT2D eigenvalue weighted by Gasteiger charge is 2.07. The van der Waals surface area contributed by atoms with Gasteiger partial charge in [-0.1, -0.05) is 25.1 Å². The fourth-order valence-corrected chi connectivity index (χ4v) is 1.89. The Bertz CT molecular complexity index is 481. The van der Waals surface area contributed by atoms with Crippen molar-refractivity contribution in [2.24, 2.45) is 5.73 Å². The molecule has 19 heavy (non-hydrogen) atoms. The van der Waals surface area contributed by atoms with E-state index in [2.05, 4.69) is 16.5 Å². The van der Waals surface area contributed by atoms with Gasteiger partial charge in [-0.15, -0.1) is 0 Å². The summed E-state index contributed by atoms with van der Waals surface area (Å²) in [6, 6.07) is 10.0. The van der Waals surface area contributed by atoms with Crippen LogP contribution in [0.25, 0.3) is 0 Å². The van der Waals surface area contributed by atoms with Crippen molar-refractivity contribution in [2.75, 3.05) is 6.61 Å². The van der Waals surface area contributed by atoms with Crippen molar-refractivity contribution < 1.29 is 4.74 Å². The van der Waals surface area contributed by atoms with Crippen LogP contribution in [0.15, 0.2) is 42.7 Å². The Balaban J connectivity index is 1.84. The highest BCUT2D eigenvalue weighted by Crippen LogP contribution is 2.09. The topological polar surface area (TPSA) is 53.1 Å². The molecule has 0 spiro atoms. The number of nitrogens with zero attached hydrogens (tertiary/aromatic N) is 2. The maximum absolute atomic E-state index is 5.97. The molecule has 2 N–H and O–H groups in total. The molecule has 2 aromatic rings. The van der Waals surface area contributed by atoms with E-state index in [0.717, 1.165) is 31.0 Å². The second kappa shape index (κ2) is 6.95. The summed E-state index contributed by atoms with van der Waals surface area (Å²) in [7, 11) is 0. The van der Waals surface area contributed by atoms with Crippen LogP contribution in [0.1, 0.15) is 19.2 Å². The number of nitrogens with two attached hydrogens (primary N) is 1. The monoisotopic (exact) mass is 259 g/mol. The molecule has 4 nitrogen and oxygen atoms in total. The van der Waals surface area contributed by atoms with Gasteiger partial charge >= 0.3 is 0 Å². The molecule has 0 bridgehead atoms. The quantitative estimate of drug-likeness (QED) is 0.829. The molecule has 0 saturated carbocycles. The summed E-state index contributed by atoms with van der Waals surface area (Å²) in [5.41, 5.74) is 5.97. The Hall–Kier alpha value is -1.81. The highest BCUT2D eigenvalue weighted by molar-refractivity contribution is 5.20. The summed E-state index contributed by atoms with van der Waals surface area (Å²) >= 11 is 0. The molecule has 0 aliphatic heterocycles. The van der Waals surface area contributed by atoms with E-state index >= 15 is 0 Å². The molecule has 1 unspecified atom stereocenters. The molecular formula is C15H21N3O. The maximum Gasteiger partial charge on any atom is 0.119 e. The van der Waals surface area contributed by atoms with Crippen LogP contribution < -0.4 is 10.5 Å². The Labute approximate surface area is 114 Å². The Morgan fingerprint density at radius 2 is 2.11 bits per heavy atom. The number of para-hydroxylation sites is 1. The average molecular weight is 259 g/mol. The molecule has 4 heteroatoms. The SMILES string of the molecule is CCC(N)Cc1nccn1CCOc1ccccc1. The fraction of sp³-hybridized carbons (Fsp3) is 0.400. The molecule has 102 valence electrons. The molecule has 2 rings (SSSR count). The van der Waals surface area contributed by atoms with Crippen molar-refractivity contribution in [1.82, 2.24) is 9.55 Å². The van der Waals surface area contributed by atoms with E-state index in [9.17, 15) is 0 Å². The summed E-state index contributed by atoms with van der Waals surface area (Å²) in [5, 5.41) is 0. The third-order valence-corrected chi connectivity index (χ3v) is 3.11. The number of ether oxygens (including phenoxy) is 1. The van der Waals surface area contributed by atoms with Gasteiger partial charge in [-0.2, -0.15) is 0 Å². The van der Waals surface area contributed by atoms with Gasteiger partial charge in [-0.25, -0.2) is 4.98 Å². The molecule has 0 amide bonds. The molecule has 1 heterocycles. The lowest BCUT2D eigenvalue weighted by atomic mass is 10.1. The van der Waals surface area contributed by atoms with E-state index < -0.39 is 0 Å². The zero-order chi connectivity index (χ0) is 13.5. The number of benzene rings is 1. The lowest BCUT2D eigenvalue weighted by molar-refractivity contribution is 0.296. The van der Waals surface area contributed by atoms with Crippen LogP contribution in [0, 0.1) is 0 Å². The third kappa shape index (κ3) is 4.10. The Kier molecular flexibility index (Phi) is 4.98. The lowest BCUT2D eigenvalue weighted by Gasteiger charge is -2.12. The second-order valence-corrected chi connectivity index (χ2v) is 4.57. The van der Waals surface area contributed by atoms with E-state index in [0.29, 0.717) is 6.61 Å². The van der Waals surface area contributed by atoms with Crippen molar-refractivity contribution >= 4 is 0 Å². The zero-order valence-electron chi connectivity index (χ0n) is 11.3. The minimum absolute atomic E-state index is 0.177. The number of aromatic nitrogens is 2. The van der Waals surface area contributed by atoms with Gasteiger partial charge in [-0.3, -0.25) is 0 Å². The maximum atomic E-state index is 5.97. The van der Waals surface area contributed by atoms with E-state index in [-0.39, 0.29) is 6.04 Å². The Morgan fingerprint density at radius 3 is 2.84 bits per heavy atom. The van der Waals surface area contributed by atoms with Crippen LogP contribution in [0.4, 0.5) is 0 Å². The van der Waals surface area contributed by atoms with Crippen molar-refractivity contribution in [3.8, 4) is 5.75 Å². The molecule has 0 fully saturated rings. The van der Waals surface area contributed by atoms with Gasteiger partial charge < -0.3 is 15.0 Å². The summed E-state index contributed by atoms with van der Waals surface area (Å²) in [4.78, 5) is 4.36. The summed E-state index contributed by atoms with van der Waals surface area (Å²) in [5.74, 6) is 1.93. The van der Waals surface area contributed by atoms with E-state index in [1.54, 1.807) is 0 Å². The highest BCUT2D eigenvalue weighted by atomic mass is 16.5. The first kappa shape index (κ1) is 13.6. The van der Waals surface area contributed by atoms with Crippen LogP contribution >= 0.6 is 0 Å². The first-order chi connectivity index (χ1) is 9.29. The number of hydrogen-bond donors (Lipinski definition) is 1. The van der Waals surface area contributed by atoms with Crippen molar-refractivity contribution in [3.63, 3.8) is 0 Å². The first-order valence-electron chi connectivity index (χ1n) is 6.73. The molecule has 1 atom stereocenters. The van der Waals surface area contributed by atoms with Gasteiger partial charge in [-0.05, 0) is 18.6 Å². The van der Waals surface area contributed by atoms with Gasteiger partial charge in [0.1, 0.15) is 18.2 Å². The number of imidazole rings is 1. The predicted molar refractivity (Wildman–Crippen MR) is 76.1 cm³/mol. The normalized spacial score (nSPS) is 12.3. The van der Waals surface area contributed by atoms with Crippen LogP contribution in [0.2, 0.25) is 0 Å². The molecular weight excluding hydrogens is 238 g/mol. The Morgan fingerprint density at radius 1 is 1.32 bits per heavy atom. The molecule has 1 aromatic heterocycles. The van der Waals surface area contributed by atoms with Crippen LogP contribution in [0.5, 0.6) is 5.75 Å². The molecule has 1 aromatic carbocycles. The fourth-order valence-electron chi connectivity index (χ4n) is 1.89. The summed E-state index contributed by atoms with van der Waals surface area (Å²) in [6.07, 6.45) is 5.58. The van der Waals surface area contributed by atoms with Crippen molar-refractivity contribution in [1.29, 1.82) is 0 Å². The number of rotatable bonds is 7. The van der Waals surface area contributed by atoms with Gasteiger partial charge in [0.05, 0.1) is 6.54 Å². The lowest BCUT2D eigenvalue weighted by Crippen LogP contribution is -2.24. The molecule has 0 saturated heterocycles. The first-order valence-corrected chi connectivity index (χ1v) is 6.73. The average Bonchev–Trinajstić information content (AvgIpc) is 2.87. The minimum Gasteiger partial charge on any atom is -0.492 e. The van der Waals surface area contributed by atoms with Gasteiger partial charge in [0, 0.05) is 24.9 Å². The van der Waals surface area contributed by atoms with Crippen molar-refractivity contribution in [2.45, 2.75) is 32.4 Å². The zero-order valence-corrected chi connectivity index (χ0v) is 11.3. The molecule has 0 aliphatic carbocycles. The second-order valence-electron chi connectivity index (χ2n) is 4.57. The molecule has 0 radical (unpaired) electrons. The minimum atomic E-state index is 0.177. The number of hydrogen-bond acceptors (Lipinski definition) is 3. The molecule has 0 aliphatic rings. The standard InChI is InChI=1S/C15H21N3O/c1-2-13(16)12-15-17-8-9-18(15)10-11-19-14-6-4-3-5-7-14/h3-9,13H,2,10-12,16H2,1H3. The third-order valence-electron chi connectivity index (χ3n) is 3.11. The van der Waals surface area contributed by atoms with Crippen molar-refractivity contribution in [3.05, 3.63) is 48.5 Å². The van der Waals surface area contributed by atoms with Gasteiger partial charge in [0.2, 0.25) is 0 Å². The summed E-state index contributed by atoms with van der Waals surface area (Å²) < 4.78 is 7.80. The van der Waals surface area contributed by atoms with Gasteiger partial charge in [0.15, 0.2) is 0 Å². The van der Waals surface area contributed by atoms with E-state index in [4.69, 9.17) is 10.5 Å².